The fourth-order valence-electron chi connectivity index (χ4n) is 10.0. The number of nitrogens with zero attached hydrogens (tertiary/aromatic N) is 2. The monoisotopic (exact) mass is 877 g/mol. The molecule has 0 aromatic heterocycles. The van der Waals surface area contributed by atoms with Crippen LogP contribution in [0.3, 0.4) is 0 Å². The van der Waals surface area contributed by atoms with Crippen LogP contribution in [0.25, 0.3) is 11.1 Å². The molecule has 6 aromatic rings. The van der Waals surface area contributed by atoms with Gasteiger partial charge in [0.2, 0.25) is 0 Å². The van der Waals surface area contributed by atoms with E-state index in [0.717, 1.165) is 61.6 Å². The SMILES string of the molecule is CC(C)(C)c1ccc(N2c3ccc(C(C)(C)C)cc3B3c4c2cc(-c2cc(C(C)(C)C)cc(C(C)(C)C)c2)cc4N(c2ccc(C(C)(C)C)cc2)c2ccc(C(C)(C)C)c(C(=O)O)c23)cc1. The van der Waals surface area contributed by atoms with Crippen LogP contribution in [0.1, 0.15) is 168 Å². The molecule has 6 aromatic carbocycles. The summed E-state index contributed by atoms with van der Waals surface area (Å²) in [6.45, 7) is 40.2. The van der Waals surface area contributed by atoms with Crippen molar-refractivity contribution in [1.82, 2.24) is 0 Å². The summed E-state index contributed by atoms with van der Waals surface area (Å²) >= 11 is 0. The van der Waals surface area contributed by atoms with E-state index >= 15 is 0 Å². The number of carboxylic acids is 1. The molecule has 66 heavy (non-hydrogen) atoms. The lowest BCUT2D eigenvalue weighted by atomic mass is 9.32. The summed E-state index contributed by atoms with van der Waals surface area (Å²) in [4.78, 5) is 19.0. The summed E-state index contributed by atoms with van der Waals surface area (Å²) in [5.41, 5.74) is 18.3. The Balaban J connectivity index is 1.59. The lowest BCUT2D eigenvalue weighted by Gasteiger charge is -2.46. The molecule has 5 heteroatoms. The topological polar surface area (TPSA) is 43.8 Å². The van der Waals surface area contributed by atoms with Gasteiger partial charge >= 0.3 is 5.97 Å². The molecule has 0 aliphatic carbocycles. The zero-order chi connectivity index (χ0) is 48.4. The lowest BCUT2D eigenvalue weighted by Crippen LogP contribution is -2.63. The van der Waals surface area contributed by atoms with Gasteiger partial charge in [0.15, 0.2) is 0 Å². The highest BCUT2D eigenvalue weighted by atomic mass is 16.4. The Morgan fingerprint density at radius 3 is 1.20 bits per heavy atom. The van der Waals surface area contributed by atoms with Crippen LogP contribution in [-0.2, 0) is 32.5 Å². The van der Waals surface area contributed by atoms with Crippen LogP contribution in [0.4, 0.5) is 34.1 Å². The summed E-state index contributed by atoms with van der Waals surface area (Å²) in [6, 6.07) is 41.3. The molecule has 0 saturated heterocycles. The lowest BCUT2D eigenvalue weighted by molar-refractivity contribution is 0.0695. The summed E-state index contributed by atoms with van der Waals surface area (Å²) in [5, 5.41) is 11.6. The maximum atomic E-state index is 14.2. The van der Waals surface area contributed by atoms with Crippen molar-refractivity contribution in [3.8, 4) is 11.1 Å². The van der Waals surface area contributed by atoms with E-state index in [1.807, 2.05) is 0 Å². The summed E-state index contributed by atoms with van der Waals surface area (Å²) in [6.07, 6.45) is 0. The number of aromatic carboxylic acids is 1. The second-order valence-corrected chi connectivity index (χ2v) is 25.4. The third-order valence-corrected chi connectivity index (χ3v) is 14.1. The van der Waals surface area contributed by atoms with Crippen molar-refractivity contribution in [2.45, 2.75) is 157 Å². The van der Waals surface area contributed by atoms with Crippen molar-refractivity contribution in [2.75, 3.05) is 9.80 Å². The Hall–Kier alpha value is -5.55. The Bertz CT molecular complexity index is 2830. The molecule has 0 unspecified atom stereocenters. The van der Waals surface area contributed by atoms with Crippen LogP contribution in [0.15, 0.2) is 109 Å². The fraction of sp³-hybridized carbons (Fsp3) is 0.393. The van der Waals surface area contributed by atoms with Gasteiger partial charge in [-0.3, -0.25) is 0 Å². The molecule has 0 fully saturated rings. The predicted octanol–water partition coefficient (Wildman–Crippen LogP) is 14.9. The predicted molar refractivity (Wildman–Crippen MR) is 285 cm³/mol. The highest BCUT2D eigenvalue weighted by Gasteiger charge is 2.47. The largest absolute Gasteiger partial charge is 0.478 e. The van der Waals surface area contributed by atoms with Crippen molar-refractivity contribution >= 4 is 63.2 Å². The van der Waals surface area contributed by atoms with Crippen molar-refractivity contribution < 1.29 is 9.90 Å². The first-order valence-electron chi connectivity index (χ1n) is 24.1. The third kappa shape index (κ3) is 8.30. The first kappa shape index (κ1) is 47.0. The van der Waals surface area contributed by atoms with Crippen LogP contribution in [-0.4, -0.2) is 17.8 Å². The minimum absolute atomic E-state index is 0.0162. The molecule has 2 heterocycles. The van der Waals surface area contributed by atoms with Gasteiger partial charge in [-0.15, -0.1) is 0 Å². The highest BCUT2D eigenvalue weighted by molar-refractivity contribution is 7.01. The Labute approximate surface area is 397 Å². The molecule has 0 atom stereocenters. The summed E-state index contributed by atoms with van der Waals surface area (Å²) in [5.74, 6) is -0.899. The van der Waals surface area contributed by atoms with E-state index in [-0.39, 0.29) is 33.8 Å². The van der Waals surface area contributed by atoms with Gasteiger partial charge in [-0.1, -0.05) is 185 Å². The van der Waals surface area contributed by atoms with Gasteiger partial charge in [0.05, 0.1) is 5.56 Å². The molecular weight excluding hydrogens is 803 g/mol. The fourth-order valence-corrected chi connectivity index (χ4v) is 10.0. The molecule has 1 N–H and O–H groups in total. The number of fused-ring (bicyclic) bond motifs is 4. The van der Waals surface area contributed by atoms with E-state index in [2.05, 4.69) is 244 Å². The molecule has 2 aliphatic rings. The highest BCUT2D eigenvalue weighted by Crippen LogP contribution is 2.49. The van der Waals surface area contributed by atoms with Gasteiger partial charge in [-0.2, -0.15) is 0 Å². The summed E-state index contributed by atoms with van der Waals surface area (Å²) in [7, 11) is 0. The van der Waals surface area contributed by atoms with E-state index < -0.39 is 11.4 Å². The van der Waals surface area contributed by atoms with E-state index in [1.54, 1.807) is 0 Å². The van der Waals surface area contributed by atoms with Crippen molar-refractivity contribution in [3.63, 3.8) is 0 Å². The van der Waals surface area contributed by atoms with Crippen LogP contribution in [0, 0.1) is 0 Å². The number of anilines is 6. The average Bonchev–Trinajstić information content (AvgIpc) is 3.20. The van der Waals surface area contributed by atoms with Crippen molar-refractivity contribution in [1.29, 1.82) is 0 Å². The number of rotatable bonds is 4. The van der Waals surface area contributed by atoms with Crippen molar-refractivity contribution in [2.24, 2.45) is 0 Å². The second kappa shape index (κ2) is 15.5. The average molecular weight is 877 g/mol. The van der Waals surface area contributed by atoms with Gasteiger partial charge in [0, 0.05) is 34.1 Å². The maximum Gasteiger partial charge on any atom is 0.335 e. The molecule has 342 valence electrons. The minimum atomic E-state index is -0.899. The molecule has 0 radical (unpaired) electrons. The van der Waals surface area contributed by atoms with Crippen LogP contribution >= 0.6 is 0 Å². The number of benzene rings is 6. The number of carboxylic acid groups (broad SMARTS) is 1. The van der Waals surface area contributed by atoms with Crippen LogP contribution < -0.4 is 26.2 Å². The first-order chi connectivity index (χ1) is 30.4. The van der Waals surface area contributed by atoms with E-state index in [4.69, 9.17) is 0 Å². The molecule has 0 amide bonds. The maximum absolute atomic E-state index is 14.2. The minimum Gasteiger partial charge on any atom is -0.478 e. The zero-order valence-electron chi connectivity index (χ0n) is 43.2. The van der Waals surface area contributed by atoms with Gasteiger partial charge in [0.25, 0.3) is 6.71 Å². The quantitative estimate of drug-likeness (QED) is 0.179. The summed E-state index contributed by atoms with van der Waals surface area (Å²) < 4.78 is 0. The van der Waals surface area contributed by atoms with Gasteiger partial charge < -0.3 is 14.9 Å². The smallest absolute Gasteiger partial charge is 0.335 e. The van der Waals surface area contributed by atoms with Crippen molar-refractivity contribution in [3.05, 3.63) is 148 Å². The number of carbonyl (C=O) groups is 1. The molecule has 0 saturated carbocycles. The number of hydrogen-bond donors (Lipinski definition) is 1. The van der Waals surface area contributed by atoms with E-state index in [9.17, 15) is 9.90 Å². The van der Waals surface area contributed by atoms with Crippen LogP contribution in [0.5, 0.6) is 0 Å². The second-order valence-electron chi connectivity index (χ2n) is 25.4. The Kier molecular flexibility index (Phi) is 11.0. The van der Waals surface area contributed by atoms with E-state index in [0.29, 0.717) is 5.56 Å². The molecule has 0 spiro atoms. The van der Waals surface area contributed by atoms with Gasteiger partial charge in [-0.05, 0) is 142 Å². The van der Waals surface area contributed by atoms with E-state index in [1.165, 1.54) is 33.4 Å². The van der Waals surface area contributed by atoms with Crippen LogP contribution in [0.2, 0.25) is 0 Å². The Morgan fingerprint density at radius 2 is 0.788 bits per heavy atom. The van der Waals surface area contributed by atoms with Gasteiger partial charge in [-0.25, -0.2) is 4.79 Å². The molecule has 4 nitrogen and oxygen atoms in total. The van der Waals surface area contributed by atoms with Gasteiger partial charge in [0.1, 0.15) is 0 Å². The molecule has 0 bridgehead atoms. The zero-order valence-corrected chi connectivity index (χ0v) is 43.2. The molecular formula is C61H73BN2O2. The Morgan fingerprint density at radius 1 is 0.394 bits per heavy atom. The molecule has 2 aliphatic heterocycles. The molecule has 8 rings (SSSR count). The first-order valence-corrected chi connectivity index (χ1v) is 24.1. The third-order valence-electron chi connectivity index (χ3n) is 14.1. The normalized spacial score (nSPS) is 14.2. The standard InChI is InChI=1S/C61H73BN2O2/c1-56(2,3)39-19-24-44(25-20-39)63-48-29-23-41(58(7,8)9)36-47(48)62-53-50(63)33-38(37-31-42(59(10,11)12)35-43(32-37)60(13,14)15)34-51(53)64(45-26-21-40(22-27-45)57(4,5)6)49-30-28-46(61(16,17)18)52(54(49)62)55(65)66/h19-36H,1-18H3,(H,65,66). The number of hydrogen-bond acceptors (Lipinski definition) is 3.